The van der Waals surface area contributed by atoms with Crippen LogP contribution in [0, 0.1) is 19.1 Å². The highest BCUT2D eigenvalue weighted by Gasteiger charge is 2.09. The van der Waals surface area contributed by atoms with Crippen molar-refractivity contribution in [2.45, 2.75) is 20.5 Å². The molecule has 0 spiro atoms. The van der Waals surface area contributed by atoms with Crippen molar-refractivity contribution >= 4 is 0 Å². The first-order valence-corrected chi connectivity index (χ1v) is 6.48. The molecule has 0 amide bonds. The lowest BCUT2D eigenvalue weighted by Crippen LogP contribution is -2.30. The van der Waals surface area contributed by atoms with Crippen LogP contribution in [0.4, 0.5) is 0 Å². The Hall–Kier alpha value is -2.14. The number of hydrogen-bond donors (Lipinski definition) is 0. The molecule has 5 heteroatoms. The van der Waals surface area contributed by atoms with Gasteiger partial charge in [0.2, 0.25) is 0 Å². The van der Waals surface area contributed by atoms with Crippen LogP contribution in [0.1, 0.15) is 17.0 Å². The Morgan fingerprint density at radius 3 is 2.80 bits per heavy atom. The van der Waals surface area contributed by atoms with Crippen LogP contribution in [0.2, 0.25) is 0 Å². The summed E-state index contributed by atoms with van der Waals surface area (Å²) >= 11 is 0. The molecular formula is C15H18N2O3. The van der Waals surface area contributed by atoms with Crippen molar-refractivity contribution in [3.63, 3.8) is 0 Å². The van der Waals surface area contributed by atoms with Crippen LogP contribution in [-0.2, 0) is 11.3 Å². The topological polar surface area (TPSA) is 58.3 Å². The van der Waals surface area contributed by atoms with Gasteiger partial charge in [0.05, 0.1) is 24.5 Å². The summed E-state index contributed by atoms with van der Waals surface area (Å²) in [6.07, 6.45) is 3.19. The monoisotopic (exact) mass is 274 g/mol. The van der Waals surface area contributed by atoms with Gasteiger partial charge in [0.1, 0.15) is 12.4 Å². The molecule has 0 aliphatic heterocycles. The highest BCUT2D eigenvalue weighted by Crippen LogP contribution is 2.17. The summed E-state index contributed by atoms with van der Waals surface area (Å²) < 4.78 is 11.9. The third kappa shape index (κ3) is 3.68. The minimum Gasteiger partial charge on any atom is -0.618 e. The van der Waals surface area contributed by atoms with Crippen LogP contribution in [0.25, 0.3) is 0 Å². The van der Waals surface area contributed by atoms with E-state index in [9.17, 15) is 5.21 Å². The molecule has 2 aromatic heterocycles. The van der Waals surface area contributed by atoms with Gasteiger partial charge in [-0.05, 0) is 19.1 Å². The summed E-state index contributed by atoms with van der Waals surface area (Å²) in [4.78, 5) is 4.17. The van der Waals surface area contributed by atoms with E-state index in [-0.39, 0.29) is 0 Å². The van der Waals surface area contributed by atoms with Gasteiger partial charge in [0.15, 0.2) is 11.9 Å². The quantitative estimate of drug-likeness (QED) is 0.459. The van der Waals surface area contributed by atoms with Crippen LogP contribution < -0.4 is 9.47 Å². The molecule has 0 aliphatic carbocycles. The molecule has 0 unspecified atom stereocenters. The lowest BCUT2D eigenvalue weighted by atomic mass is 10.2. The van der Waals surface area contributed by atoms with Gasteiger partial charge in [-0.15, -0.1) is 0 Å². The van der Waals surface area contributed by atoms with E-state index in [4.69, 9.17) is 9.47 Å². The summed E-state index contributed by atoms with van der Waals surface area (Å²) in [5.74, 6) is 0.719. The normalized spacial score (nSPS) is 10.5. The number of pyridine rings is 2. The van der Waals surface area contributed by atoms with Crippen molar-refractivity contribution in [1.82, 2.24) is 4.98 Å². The molecule has 106 valence electrons. The first kappa shape index (κ1) is 14.3. The summed E-state index contributed by atoms with van der Waals surface area (Å²) in [6, 6.07) is 7.39. The molecule has 0 fully saturated rings. The Labute approximate surface area is 118 Å². The minimum atomic E-state index is 0.440. The second-order valence-electron chi connectivity index (χ2n) is 4.44. The molecule has 0 radical (unpaired) electrons. The maximum atomic E-state index is 11.4. The van der Waals surface area contributed by atoms with E-state index < -0.39 is 0 Å². The summed E-state index contributed by atoms with van der Waals surface area (Å²) in [5.41, 5.74) is 2.40. The van der Waals surface area contributed by atoms with Gasteiger partial charge < -0.3 is 14.7 Å². The van der Waals surface area contributed by atoms with Gasteiger partial charge in [-0.25, -0.2) is 0 Å². The molecule has 0 N–H and O–H groups in total. The summed E-state index contributed by atoms with van der Waals surface area (Å²) in [6.45, 7) is 5.02. The number of nitrogens with zero attached hydrogens (tertiary/aromatic N) is 2. The Bertz CT molecular complexity index is 559. The molecular weight excluding hydrogens is 256 g/mol. The zero-order valence-corrected chi connectivity index (χ0v) is 11.7. The lowest BCUT2D eigenvalue weighted by Gasteiger charge is -2.11. The van der Waals surface area contributed by atoms with E-state index in [0.717, 1.165) is 21.7 Å². The van der Waals surface area contributed by atoms with Gasteiger partial charge in [-0.3, -0.25) is 4.98 Å². The van der Waals surface area contributed by atoms with Gasteiger partial charge in [0, 0.05) is 19.2 Å². The molecule has 2 heterocycles. The molecule has 2 aromatic rings. The Kier molecular flexibility index (Phi) is 4.90. The van der Waals surface area contributed by atoms with Crippen LogP contribution in [-0.4, -0.2) is 18.2 Å². The summed E-state index contributed by atoms with van der Waals surface area (Å²) in [5, 5.41) is 11.4. The predicted octanol–water partition coefficient (Wildman–Crippen LogP) is 1.93. The molecule has 0 saturated carbocycles. The minimum absolute atomic E-state index is 0.440. The molecule has 5 nitrogen and oxygen atoms in total. The largest absolute Gasteiger partial charge is 0.618 e. The van der Waals surface area contributed by atoms with Crippen molar-refractivity contribution in [2.75, 3.05) is 13.2 Å². The number of aromatic nitrogens is 2. The fourth-order valence-electron chi connectivity index (χ4n) is 1.74. The Morgan fingerprint density at radius 1 is 1.20 bits per heavy atom. The second-order valence-corrected chi connectivity index (χ2v) is 4.44. The third-order valence-corrected chi connectivity index (χ3v) is 3.07. The molecule has 0 bridgehead atoms. The SMILES string of the molecule is Cc1c(OCCOCc2ccccn2)cc[n+]([O-])c1C. The van der Waals surface area contributed by atoms with Gasteiger partial charge >= 0.3 is 0 Å². The number of rotatable bonds is 6. The second kappa shape index (κ2) is 6.86. The Balaban J connectivity index is 1.75. The lowest BCUT2D eigenvalue weighted by molar-refractivity contribution is -0.612. The van der Waals surface area contributed by atoms with Crippen LogP contribution in [0.3, 0.4) is 0 Å². The molecule has 0 saturated heterocycles. The van der Waals surface area contributed by atoms with Crippen LogP contribution >= 0.6 is 0 Å². The number of ether oxygens (including phenoxy) is 2. The smallest absolute Gasteiger partial charge is 0.196 e. The number of hydrogen-bond acceptors (Lipinski definition) is 4. The highest BCUT2D eigenvalue weighted by atomic mass is 16.5. The standard InChI is InChI=1S/C15H18N2O3/c1-12-13(2)17(18)8-6-15(12)20-10-9-19-11-14-5-3-4-7-16-14/h3-8H,9-11H2,1-2H3. The van der Waals surface area contributed by atoms with E-state index in [1.165, 1.54) is 6.20 Å². The Morgan fingerprint density at radius 2 is 2.05 bits per heavy atom. The average molecular weight is 274 g/mol. The molecule has 0 aliphatic rings. The van der Waals surface area contributed by atoms with Crippen molar-refractivity contribution in [3.8, 4) is 5.75 Å². The predicted molar refractivity (Wildman–Crippen MR) is 74.3 cm³/mol. The van der Waals surface area contributed by atoms with E-state index in [1.807, 2.05) is 25.1 Å². The van der Waals surface area contributed by atoms with Crippen LogP contribution in [0.5, 0.6) is 5.75 Å². The highest BCUT2D eigenvalue weighted by molar-refractivity contribution is 5.31. The molecule has 0 atom stereocenters. The maximum Gasteiger partial charge on any atom is 0.196 e. The maximum absolute atomic E-state index is 11.4. The fourth-order valence-corrected chi connectivity index (χ4v) is 1.74. The van der Waals surface area contributed by atoms with Crippen LogP contribution in [0.15, 0.2) is 36.7 Å². The van der Waals surface area contributed by atoms with Crippen molar-refractivity contribution < 1.29 is 14.2 Å². The zero-order chi connectivity index (χ0) is 14.4. The van der Waals surface area contributed by atoms with Gasteiger partial charge in [-0.2, -0.15) is 4.73 Å². The van der Waals surface area contributed by atoms with Gasteiger partial charge in [-0.1, -0.05) is 6.07 Å². The van der Waals surface area contributed by atoms with Crippen molar-refractivity contribution in [1.29, 1.82) is 0 Å². The molecule has 20 heavy (non-hydrogen) atoms. The first-order valence-electron chi connectivity index (χ1n) is 6.48. The third-order valence-electron chi connectivity index (χ3n) is 3.07. The van der Waals surface area contributed by atoms with Gasteiger partial charge in [0.25, 0.3) is 0 Å². The first-order chi connectivity index (χ1) is 9.68. The van der Waals surface area contributed by atoms with Crippen molar-refractivity contribution in [2.24, 2.45) is 0 Å². The zero-order valence-electron chi connectivity index (χ0n) is 11.7. The van der Waals surface area contributed by atoms with E-state index in [2.05, 4.69) is 4.98 Å². The molecule has 0 aromatic carbocycles. The van der Waals surface area contributed by atoms with E-state index in [1.54, 1.807) is 19.2 Å². The average Bonchev–Trinajstić information content (AvgIpc) is 2.48. The van der Waals surface area contributed by atoms with E-state index in [0.29, 0.717) is 25.5 Å². The van der Waals surface area contributed by atoms with E-state index >= 15 is 0 Å². The fraction of sp³-hybridized carbons (Fsp3) is 0.333. The molecule has 2 rings (SSSR count). The summed E-state index contributed by atoms with van der Waals surface area (Å²) in [7, 11) is 0. The van der Waals surface area contributed by atoms with Crippen molar-refractivity contribution in [3.05, 3.63) is 58.8 Å².